The Bertz CT molecular complexity index is 996. The zero-order valence-corrected chi connectivity index (χ0v) is 27.2. The second-order valence-corrected chi connectivity index (χ2v) is 23.0. The van der Waals surface area contributed by atoms with E-state index in [1.165, 1.54) is 0 Å². The molecule has 1 aliphatic heterocycles. The van der Waals surface area contributed by atoms with Crippen molar-refractivity contribution >= 4 is 34.5 Å². The van der Waals surface area contributed by atoms with Gasteiger partial charge in [0.1, 0.15) is 22.8 Å². The minimum absolute atomic E-state index is 0.0246. The minimum atomic E-state index is -2.28. The third-order valence-corrected chi connectivity index (χ3v) is 16.9. The Labute approximate surface area is 227 Å². The molecule has 0 fully saturated rings. The number of esters is 1. The van der Waals surface area contributed by atoms with Crippen LogP contribution in [0.5, 0.6) is 11.5 Å². The van der Waals surface area contributed by atoms with Crippen molar-refractivity contribution in [3.8, 4) is 11.5 Å². The van der Waals surface area contributed by atoms with Crippen molar-refractivity contribution in [3.05, 3.63) is 29.3 Å². The van der Waals surface area contributed by atoms with Crippen LogP contribution in [0, 0.1) is 0 Å². The number of allylic oxidation sites excluding steroid dienone is 1. The zero-order chi connectivity index (χ0) is 28.2. The van der Waals surface area contributed by atoms with Crippen LogP contribution in [0.1, 0.15) is 103 Å². The van der Waals surface area contributed by atoms with Gasteiger partial charge in [-0.1, -0.05) is 53.7 Å². The lowest BCUT2D eigenvalue weighted by Gasteiger charge is -2.38. The first-order chi connectivity index (χ1) is 16.8. The fraction of sp³-hybridized carbons (Fsp3) is 0.667. The molecule has 2 rings (SSSR count). The van der Waals surface area contributed by atoms with Crippen LogP contribution < -0.4 is 8.85 Å². The zero-order valence-electron chi connectivity index (χ0n) is 25.2. The molecule has 1 aliphatic rings. The third-order valence-electron chi connectivity index (χ3n) is 8.16. The van der Waals surface area contributed by atoms with Crippen LogP contribution in [-0.2, 0) is 9.53 Å². The van der Waals surface area contributed by atoms with Crippen LogP contribution in [0.4, 0.5) is 0 Å². The van der Waals surface area contributed by atoms with Crippen molar-refractivity contribution in [1.29, 1.82) is 0 Å². The average molecular weight is 547 g/mol. The van der Waals surface area contributed by atoms with Gasteiger partial charge < -0.3 is 13.6 Å². The maximum absolute atomic E-state index is 13.6. The van der Waals surface area contributed by atoms with Crippen molar-refractivity contribution in [2.24, 2.45) is 0 Å². The highest BCUT2D eigenvalue weighted by molar-refractivity contribution is 6.75. The van der Waals surface area contributed by atoms with Gasteiger partial charge in [0.15, 0.2) is 0 Å². The summed E-state index contributed by atoms with van der Waals surface area (Å²) in [5.41, 5.74) is 1.20. The van der Waals surface area contributed by atoms with E-state index in [2.05, 4.69) is 67.7 Å². The molecule has 1 heterocycles. The Balaban J connectivity index is 2.69. The number of benzene rings is 1. The van der Waals surface area contributed by atoms with Crippen LogP contribution in [-0.4, -0.2) is 34.5 Å². The van der Waals surface area contributed by atoms with Crippen molar-refractivity contribution in [1.82, 2.24) is 0 Å². The molecule has 0 spiro atoms. The van der Waals surface area contributed by atoms with Gasteiger partial charge >= 0.3 is 5.97 Å². The summed E-state index contributed by atoms with van der Waals surface area (Å²) >= 11 is 0. The number of rotatable bonds is 4. The predicted molar refractivity (Wildman–Crippen MR) is 159 cm³/mol. The molecule has 1 aromatic carbocycles. The molecule has 1 unspecified atom stereocenters. The van der Waals surface area contributed by atoms with Gasteiger partial charge in [0.25, 0.3) is 8.32 Å². The van der Waals surface area contributed by atoms with E-state index in [1.54, 1.807) is 0 Å². The molecule has 7 heteroatoms. The number of hydrogen-bond donors (Lipinski definition) is 0. The van der Waals surface area contributed by atoms with Gasteiger partial charge in [-0.2, -0.15) is 0 Å². The highest BCUT2D eigenvalue weighted by Crippen LogP contribution is 2.43. The fourth-order valence-electron chi connectivity index (χ4n) is 3.62. The number of ether oxygens (including phenoxy) is 1. The van der Waals surface area contributed by atoms with Crippen molar-refractivity contribution < 1.29 is 23.2 Å². The van der Waals surface area contributed by atoms with E-state index < -0.39 is 16.6 Å². The van der Waals surface area contributed by atoms with E-state index >= 15 is 0 Å². The van der Waals surface area contributed by atoms with Crippen LogP contribution in [0.2, 0.25) is 36.3 Å². The van der Waals surface area contributed by atoms with Gasteiger partial charge in [-0.15, -0.1) is 0 Å². The molecule has 0 aromatic heterocycles. The predicted octanol–water partition coefficient (Wildman–Crippen LogP) is 8.94. The molecule has 0 bridgehead atoms. The summed E-state index contributed by atoms with van der Waals surface area (Å²) in [6.45, 7) is 23.9. The number of ketones is 1. The lowest BCUT2D eigenvalue weighted by atomic mass is 10.0. The molecule has 5 nitrogen and oxygen atoms in total. The standard InChI is InChI=1S/C30H50O5Si2/c1-22-16-15-19-24(31)18-14-12-13-17-23-20-25(34-36(8,9)29(2,3)4)21-26(27(23)28(32)33-22)35-37(10,11)30(5,6)7/h13,17,20-22H,12,14-16,18-19H2,1-11H3/b17-13+. The summed E-state index contributed by atoms with van der Waals surface area (Å²) in [4.78, 5) is 25.8. The molecule has 0 saturated carbocycles. The number of fused-ring (bicyclic) bond motifs is 1. The number of hydrogen-bond acceptors (Lipinski definition) is 5. The van der Waals surface area contributed by atoms with Crippen molar-refractivity contribution in [2.45, 2.75) is 129 Å². The average Bonchev–Trinajstić information content (AvgIpc) is 2.70. The Morgan fingerprint density at radius 2 is 1.43 bits per heavy atom. The third kappa shape index (κ3) is 8.57. The lowest BCUT2D eigenvalue weighted by molar-refractivity contribution is -0.119. The Morgan fingerprint density at radius 1 is 0.865 bits per heavy atom. The van der Waals surface area contributed by atoms with E-state index in [0.717, 1.165) is 30.6 Å². The summed E-state index contributed by atoms with van der Waals surface area (Å²) in [5, 5.41) is -0.0198. The van der Waals surface area contributed by atoms with Gasteiger partial charge in [-0.3, -0.25) is 4.79 Å². The van der Waals surface area contributed by atoms with E-state index in [1.807, 2.05) is 31.2 Å². The Morgan fingerprint density at radius 3 is 2.03 bits per heavy atom. The quantitative estimate of drug-likeness (QED) is 0.279. The first-order valence-corrected chi connectivity index (χ1v) is 19.6. The monoisotopic (exact) mass is 546 g/mol. The van der Waals surface area contributed by atoms with E-state index in [4.69, 9.17) is 13.6 Å². The lowest BCUT2D eigenvalue weighted by Crippen LogP contribution is -2.45. The van der Waals surface area contributed by atoms with E-state index in [9.17, 15) is 9.59 Å². The van der Waals surface area contributed by atoms with Gasteiger partial charge in [-0.25, -0.2) is 4.79 Å². The molecule has 0 aliphatic carbocycles. The smallest absolute Gasteiger partial charge is 0.342 e. The second-order valence-electron chi connectivity index (χ2n) is 13.6. The maximum atomic E-state index is 13.6. The summed E-state index contributed by atoms with van der Waals surface area (Å²) < 4.78 is 19.4. The van der Waals surface area contributed by atoms with Crippen LogP contribution in [0.3, 0.4) is 0 Å². The van der Waals surface area contributed by atoms with Crippen LogP contribution in [0.15, 0.2) is 18.2 Å². The SMILES string of the molecule is CC1CCCC(=O)CCC/C=C/c2cc(O[Si](C)(C)C(C)(C)C)cc(O[Si](C)(C)C(C)(C)C)c2C(=O)O1. The topological polar surface area (TPSA) is 61.8 Å². The Kier molecular flexibility index (Phi) is 10.1. The first-order valence-electron chi connectivity index (χ1n) is 13.8. The summed E-state index contributed by atoms with van der Waals surface area (Å²) in [6, 6.07) is 3.86. The van der Waals surface area contributed by atoms with E-state index in [-0.39, 0.29) is 27.9 Å². The second kappa shape index (κ2) is 11.9. The van der Waals surface area contributed by atoms with Crippen LogP contribution >= 0.6 is 0 Å². The summed E-state index contributed by atoms with van der Waals surface area (Å²) in [6.07, 6.45) is 7.80. The van der Waals surface area contributed by atoms with Crippen LogP contribution in [0.25, 0.3) is 6.08 Å². The number of carbonyl (C=O) groups is 2. The maximum Gasteiger partial charge on any atom is 0.342 e. The largest absolute Gasteiger partial charge is 0.543 e. The molecule has 0 N–H and O–H groups in total. The number of cyclic esters (lactones) is 1. The number of carbonyl (C=O) groups excluding carboxylic acids is 2. The van der Waals surface area contributed by atoms with E-state index in [0.29, 0.717) is 30.6 Å². The molecule has 1 aromatic rings. The molecular formula is C30H50O5Si2. The Hall–Kier alpha value is -1.87. The van der Waals surface area contributed by atoms with Gasteiger partial charge in [0, 0.05) is 18.9 Å². The highest BCUT2D eigenvalue weighted by Gasteiger charge is 2.42. The van der Waals surface area contributed by atoms with Gasteiger partial charge in [0.05, 0.1) is 6.10 Å². The normalized spacial score (nSPS) is 19.9. The fourth-order valence-corrected chi connectivity index (χ4v) is 5.65. The number of Topliss-reactive ketones (excluding diaryl/α,β-unsaturated/α-hetero) is 1. The molecule has 37 heavy (non-hydrogen) atoms. The molecule has 0 amide bonds. The van der Waals surface area contributed by atoms with Gasteiger partial charge in [-0.05, 0) is 80.5 Å². The highest BCUT2D eigenvalue weighted by atomic mass is 28.4. The summed E-state index contributed by atoms with van der Waals surface area (Å²) in [7, 11) is -4.41. The van der Waals surface area contributed by atoms with Crippen molar-refractivity contribution in [3.63, 3.8) is 0 Å². The molecule has 1 atom stereocenters. The molecule has 0 saturated heterocycles. The minimum Gasteiger partial charge on any atom is -0.543 e. The molecule has 208 valence electrons. The molecular weight excluding hydrogens is 496 g/mol. The summed E-state index contributed by atoms with van der Waals surface area (Å²) in [5.74, 6) is 1.16. The van der Waals surface area contributed by atoms with Crippen molar-refractivity contribution in [2.75, 3.05) is 0 Å². The van der Waals surface area contributed by atoms with Gasteiger partial charge in [0.2, 0.25) is 8.32 Å². The molecule has 0 radical (unpaired) electrons. The first kappa shape index (κ1) is 31.4.